The van der Waals surface area contributed by atoms with Crippen molar-refractivity contribution in [2.75, 3.05) is 0 Å². The maximum atomic E-state index is 12.8. The molecule has 0 aliphatic rings. The summed E-state index contributed by atoms with van der Waals surface area (Å²) in [7, 11) is 0. The van der Waals surface area contributed by atoms with E-state index in [1.54, 1.807) is 0 Å². The first-order valence-corrected chi connectivity index (χ1v) is 6.81. The van der Waals surface area contributed by atoms with Crippen molar-refractivity contribution in [3.63, 3.8) is 0 Å². The van der Waals surface area contributed by atoms with Crippen LogP contribution in [0.1, 0.15) is 16.7 Å². The second kappa shape index (κ2) is 7.45. The van der Waals surface area contributed by atoms with Gasteiger partial charge in [-0.15, -0.1) is 13.2 Å². The van der Waals surface area contributed by atoms with Crippen molar-refractivity contribution in [2.24, 2.45) is 5.16 Å². The van der Waals surface area contributed by atoms with Gasteiger partial charge in [0.2, 0.25) is 0 Å². The van der Waals surface area contributed by atoms with Gasteiger partial charge in [-0.25, -0.2) is 0 Å². The molecule has 0 radical (unpaired) electrons. The zero-order valence-electron chi connectivity index (χ0n) is 12.4. The quantitative estimate of drug-likeness (QED) is 0.418. The van der Waals surface area contributed by atoms with Gasteiger partial charge in [-0.1, -0.05) is 35.5 Å². The average molecular weight is 363 g/mol. The first-order chi connectivity index (χ1) is 11.6. The van der Waals surface area contributed by atoms with Crippen LogP contribution >= 0.6 is 0 Å². The van der Waals surface area contributed by atoms with Crippen LogP contribution in [-0.2, 0) is 17.6 Å². The summed E-state index contributed by atoms with van der Waals surface area (Å²) >= 11 is 0. The molecule has 0 saturated heterocycles. The Morgan fingerprint density at radius 2 is 1.64 bits per heavy atom. The third-order valence-corrected chi connectivity index (χ3v) is 2.90. The summed E-state index contributed by atoms with van der Waals surface area (Å²) in [5.74, 6) is -0.431. The molecule has 134 valence electrons. The second-order valence-corrected chi connectivity index (χ2v) is 4.79. The van der Waals surface area contributed by atoms with Gasteiger partial charge in [0.15, 0.2) is 0 Å². The number of hydrogen-bond acceptors (Lipinski definition) is 3. The minimum absolute atomic E-state index is 0.191. The molecule has 2 rings (SSSR count). The van der Waals surface area contributed by atoms with Gasteiger partial charge in [0.1, 0.15) is 12.4 Å². The number of rotatable bonds is 5. The lowest BCUT2D eigenvalue weighted by molar-refractivity contribution is -0.274. The summed E-state index contributed by atoms with van der Waals surface area (Å²) in [5, 5.41) is 3.43. The first-order valence-electron chi connectivity index (χ1n) is 6.81. The summed E-state index contributed by atoms with van der Waals surface area (Å²) in [6.07, 6.45) is -8.47. The molecular formula is C16H11F6NO2. The summed E-state index contributed by atoms with van der Waals surface area (Å²) in [5.41, 5.74) is -0.755. The standard InChI is InChI=1S/C16H11F6NO2/c17-15(18,19)14-7-2-1-5-12(14)9-23-24-10-11-4-3-6-13(8-11)25-16(20,21)22/h1-9H,10H2. The van der Waals surface area contributed by atoms with Crippen molar-refractivity contribution in [2.45, 2.75) is 19.1 Å². The van der Waals surface area contributed by atoms with Crippen molar-refractivity contribution in [3.05, 3.63) is 65.2 Å². The second-order valence-electron chi connectivity index (χ2n) is 4.79. The van der Waals surface area contributed by atoms with E-state index >= 15 is 0 Å². The van der Waals surface area contributed by atoms with Gasteiger partial charge in [0.25, 0.3) is 0 Å². The van der Waals surface area contributed by atoms with Crippen LogP contribution in [0.4, 0.5) is 26.3 Å². The molecule has 0 fully saturated rings. The largest absolute Gasteiger partial charge is 0.573 e. The maximum absolute atomic E-state index is 12.8. The van der Waals surface area contributed by atoms with Gasteiger partial charge in [0.05, 0.1) is 11.8 Å². The Morgan fingerprint density at radius 1 is 0.920 bits per heavy atom. The summed E-state index contributed by atoms with van der Waals surface area (Å²) < 4.78 is 78.5. The Balaban J connectivity index is 2.00. The van der Waals surface area contributed by atoms with Gasteiger partial charge in [-0.05, 0) is 23.8 Å². The molecule has 0 spiro atoms. The van der Waals surface area contributed by atoms with Crippen LogP contribution in [0, 0.1) is 0 Å². The first kappa shape index (κ1) is 18.6. The van der Waals surface area contributed by atoms with Crippen LogP contribution in [0.2, 0.25) is 0 Å². The van der Waals surface area contributed by atoms with Crippen molar-refractivity contribution >= 4 is 6.21 Å². The number of benzene rings is 2. The number of halogens is 6. The van der Waals surface area contributed by atoms with E-state index < -0.39 is 23.9 Å². The number of nitrogens with zero attached hydrogens (tertiary/aromatic N) is 1. The number of hydrogen-bond donors (Lipinski definition) is 0. The van der Waals surface area contributed by atoms with Crippen LogP contribution < -0.4 is 4.74 Å². The Hall–Kier alpha value is -2.71. The molecule has 0 unspecified atom stereocenters. The van der Waals surface area contributed by atoms with Crippen molar-refractivity contribution in [1.29, 1.82) is 0 Å². The summed E-state index contributed by atoms with van der Waals surface area (Å²) in [4.78, 5) is 4.84. The highest BCUT2D eigenvalue weighted by atomic mass is 19.4. The van der Waals surface area contributed by atoms with Crippen LogP contribution in [0.5, 0.6) is 5.75 Å². The molecule has 0 aliphatic carbocycles. The van der Waals surface area contributed by atoms with E-state index in [0.717, 1.165) is 24.4 Å². The predicted octanol–water partition coefficient (Wildman–Crippen LogP) is 5.15. The van der Waals surface area contributed by atoms with Crippen LogP contribution in [0.15, 0.2) is 53.7 Å². The van der Waals surface area contributed by atoms with Gasteiger partial charge in [-0.3, -0.25) is 0 Å². The molecule has 3 nitrogen and oxygen atoms in total. The topological polar surface area (TPSA) is 30.8 Å². The molecule has 9 heteroatoms. The smallest absolute Gasteiger partial charge is 0.406 e. The zero-order chi connectivity index (χ0) is 18.5. The van der Waals surface area contributed by atoms with Crippen LogP contribution in [0.25, 0.3) is 0 Å². The molecule has 0 heterocycles. The molecule has 0 bridgehead atoms. The fourth-order valence-corrected chi connectivity index (χ4v) is 1.91. The predicted molar refractivity (Wildman–Crippen MR) is 77.0 cm³/mol. The zero-order valence-corrected chi connectivity index (χ0v) is 12.4. The van der Waals surface area contributed by atoms with Crippen LogP contribution in [-0.4, -0.2) is 12.6 Å². The highest BCUT2D eigenvalue weighted by Crippen LogP contribution is 2.31. The molecular weight excluding hydrogens is 352 g/mol. The lowest BCUT2D eigenvalue weighted by Crippen LogP contribution is -2.17. The van der Waals surface area contributed by atoms with Crippen molar-refractivity contribution in [3.8, 4) is 5.75 Å². The Morgan fingerprint density at radius 3 is 2.32 bits per heavy atom. The minimum Gasteiger partial charge on any atom is -0.406 e. The number of alkyl halides is 6. The normalized spacial score (nSPS) is 12.4. The SMILES string of the molecule is FC(F)(F)Oc1cccc(CON=Cc2ccccc2C(F)(F)F)c1. The van der Waals surface area contributed by atoms with Gasteiger partial charge < -0.3 is 9.57 Å². The minimum atomic E-state index is -4.82. The third-order valence-electron chi connectivity index (χ3n) is 2.90. The van der Waals surface area contributed by atoms with Crippen molar-refractivity contribution in [1.82, 2.24) is 0 Å². The van der Waals surface area contributed by atoms with Crippen molar-refractivity contribution < 1.29 is 35.9 Å². The fraction of sp³-hybridized carbons (Fsp3) is 0.188. The Bertz CT molecular complexity index is 740. The Labute approximate surface area is 138 Å². The lowest BCUT2D eigenvalue weighted by Gasteiger charge is -2.10. The highest BCUT2D eigenvalue weighted by Gasteiger charge is 2.32. The average Bonchev–Trinajstić information content (AvgIpc) is 2.50. The third kappa shape index (κ3) is 6.02. The van der Waals surface area contributed by atoms with Crippen LogP contribution in [0.3, 0.4) is 0 Å². The van der Waals surface area contributed by atoms with E-state index in [4.69, 9.17) is 4.84 Å². The molecule has 25 heavy (non-hydrogen) atoms. The molecule has 0 N–H and O–H groups in total. The molecule has 0 saturated carbocycles. The van der Waals surface area contributed by atoms with Gasteiger partial charge >= 0.3 is 12.5 Å². The maximum Gasteiger partial charge on any atom is 0.573 e. The lowest BCUT2D eigenvalue weighted by atomic mass is 10.1. The molecule has 0 aromatic heterocycles. The number of ether oxygens (including phenoxy) is 1. The molecule has 2 aromatic carbocycles. The van der Waals surface area contributed by atoms with E-state index in [9.17, 15) is 26.3 Å². The molecule has 0 atom stereocenters. The van der Waals surface area contributed by atoms with E-state index in [0.29, 0.717) is 5.56 Å². The van der Waals surface area contributed by atoms with E-state index in [2.05, 4.69) is 9.89 Å². The molecule has 0 aliphatic heterocycles. The monoisotopic (exact) mass is 363 g/mol. The molecule has 0 amide bonds. The fourth-order valence-electron chi connectivity index (χ4n) is 1.91. The molecule has 2 aromatic rings. The van der Waals surface area contributed by atoms with E-state index in [-0.39, 0.29) is 12.2 Å². The van der Waals surface area contributed by atoms with Gasteiger partial charge in [0, 0.05) is 5.56 Å². The highest BCUT2D eigenvalue weighted by molar-refractivity contribution is 5.81. The summed E-state index contributed by atoms with van der Waals surface area (Å²) in [6.45, 7) is -0.236. The Kier molecular flexibility index (Phi) is 5.55. The van der Waals surface area contributed by atoms with E-state index in [1.807, 2.05) is 0 Å². The number of oxime groups is 1. The summed E-state index contributed by atoms with van der Waals surface area (Å²) in [6, 6.07) is 9.76. The van der Waals surface area contributed by atoms with Gasteiger partial charge in [-0.2, -0.15) is 13.2 Å². The van der Waals surface area contributed by atoms with E-state index in [1.165, 1.54) is 30.3 Å².